The van der Waals surface area contributed by atoms with Gasteiger partial charge in [-0.1, -0.05) is 0 Å². The van der Waals surface area contributed by atoms with Crippen LogP contribution in [-0.2, 0) is 4.74 Å². The normalized spacial score (nSPS) is 21.0. The average Bonchev–Trinajstić information content (AvgIpc) is 3.61. The maximum atomic E-state index is 5.43. The first kappa shape index (κ1) is 17.6. The van der Waals surface area contributed by atoms with Gasteiger partial charge in [0.05, 0.1) is 13.2 Å². The topological polar surface area (TPSA) is 79.3 Å². The van der Waals surface area contributed by atoms with E-state index in [9.17, 15) is 0 Å². The van der Waals surface area contributed by atoms with Crippen LogP contribution in [0.1, 0.15) is 37.4 Å². The summed E-state index contributed by atoms with van der Waals surface area (Å²) in [5.41, 5.74) is 0. The molecular formula is C20H27N7O. The molecule has 1 N–H and O–H groups in total. The summed E-state index contributed by atoms with van der Waals surface area (Å²) in [7, 11) is 0. The van der Waals surface area contributed by atoms with E-state index in [1.807, 2.05) is 24.5 Å². The molecule has 2 aromatic rings. The van der Waals surface area contributed by atoms with Crippen LogP contribution in [0.25, 0.3) is 0 Å². The molecule has 8 heteroatoms. The van der Waals surface area contributed by atoms with E-state index in [1.165, 1.54) is 12.8 Å². The maximum Gasteiger partial charge on any atom is 0.227 e. The minimum atomic E-state index is 0.443. The molecule has 0 unspecified atom stereocenters. The Morgan fingerprint density at radius 3 is 2.43 bits per heavy atom. The van der Waals surface area contributed by atoms with Gasteiger partial charge in [0.1, 0.15) is 17.5 Å². The molecule has 2 aliphatic heterocycles. The van der Waals surface area contributed by atoms with Gasteiger partial charge in [-0.05, 0) is 37.8 Å². The lowest BCUT2D eigenvalue weighted by Gasteiger charge is -2.34. The van der Waals surface area contributed by atoms with Crippen LogP contribution in [0.15, 0.2) is 24.5 Å². The van der Waals surface area contributed by atoms with Gasteiger partial charge < -0.3 is 19.9 Å². The molecule has 148 valence electrons. The molecule has 28 heavy (non-hydrogen) atoms. The summed E-state index contributed by atoms with van der Waals surface area (Å²) < 4.78 is 5.43. The van der Waals surface area contributed by atoms with E-state index in [0.29, 0.717) is 12.0 Å². The summed E-state index contributed by atoms with van der Waals surface area (Å²) in [6, 6.07) is 4.44. The molecule has 0 radical (unpaired) electrons. The van der Waals surface area contributed by atoms with Crippen LogP contribution in [0.3, 0.4) is 0 Å². The fraction of sp³-hybridized carbons (Fsp3) is 0.600. The molecule has 3 fully saturated rings. The summed E-state index contributed by atoms with van der Waals surface area (Å²) in [6.07, 6.45) is 8.35. The van der Waals surface area contributed by atoms with Crippen molar-refractivity contribution in [3.8, 4) is 0 Å². The Labute approximate surface area is 165 Å². The molecule has 2 aromatic heterocycles. The monoisotopic (exact) mass is 381 g/mol. The van der Waals surface area contributed by atoms with Crippen LogP contribution >= 0.6 is 0 Å². The zero-order chi connectivity index (χ0) is 18.8. The van der Waals surface area contributed by atoms with Crippen molar-refractivity contribution < 1.29 is 4.74 Å². The number of nitrogens with one attached hydrogen (secondary N) is 1. The SMILES string of the molecule is c1cc(NC2CCN(c3ccnc(N4CCOCC4)n3)CC2)nc(C2CC2)n1. The van der Waals surface area contributed by atoms with Gasteiger partial charge in [0.15, 0.2) is 0 Å². The third-order valence-corrected chi connectivity index (χ3v) is 5.71. The second-order valence-electron chi connectivity index (χ2n) is 7.79. The van der Waals surface area contributed by atoms with Crippen molar-refractivity contribution in [2.24, 2.45) is 0 Å². The lowest BCUT2D eigenvalue weighted by molar-refractivity contribution is 0.122. The van der Waals surface area contributed by atoms with E-state index in [-0.39, 0.29) is 0 Å². The maximum absolute atomic E-state index is 5.43. The second kappa shape index (κ2) is 7.87. The van der Waals surface area contributed by atoms with E-state index in [0.717, 1.165) is 75.6 Å². The largest absolute Gasteiger partial charge is 0.378 e. The van der Waals surface area contributed by atoms with Crippen molar-refractivity contribution in [3.63, 3.8) is 0 Å². The number of anilines is 3. The van der Waals surface area contributed by atoms with Gasteiger partial charge in [0, 0.05) is 50.5 Å². The zero-order valence-corrected chi connectivity index (χ0v) is 16.1. The van der Waals surface area contributed by atoms with Gasteiger partial charge in [-0.25, -0.2) is 15.0 Å². The highest BCUT2D eigenvalue weighted by Crippen LogP contribution is 2.38. The summed E-state index contributed by atoms with van der Waals surface area (Å²) in [4.78, 5) is 22.9. The molecule has 0 amide bonds. The summed E-state index contributed by atoms with van der Waals surface area (Å²) in [5.74, 6) is 4.38. The molecule has 3 aliphatic rings. The number of nitrogens with zero attached hydrogens (tertiary/aromatic N) is 6. The minimum Gasteiger partial charge on any atom is -0.378 e. The smallest absolute Gasteiger partial charge is 0.227 e. The predicted octanol–water partition coefficient (Wildman–Crippen LogP) is 2.06. The number of hydrogen-bond acceptors (Lipinski definition) is 8. The Bertz CT molecular complexity index is 799. The van der Waals surface area contributed by atoms with Gasteiger partial charge in [0.2, 0.25) is 5.95 Å². The standard InChI is InChI=1S/C20H27N7O/c1-2-15(1)19-21-7-3-17(24-19)23-16-5-9-26(10-6-16)18-4-8-22-20(25-18)27-11-13-28-14-12-27/h3-4,7-8,15-16H,1-2,5-6,9-14H2,(H,21,23,24). The number of ether oxygens (including phenoxy) is 1. The molecule has 0 aromatic carbocycles. The number of morpholine rings is 1. The molecule has 1 saturated carbocycles. The second-order valence-corrected chi connectivity index (χ2v) is 7.79. The highest BCUT2D eigenvalue weighted by Gasteiger charge is 2.27. The molecule has 1 aliphatic carbocycles. The molecule has 0 spiro atoms. The molecule has 4 heterocycles. The highest BCUT2D eigenvalue weighted by molar-refractivity contribution is 5.45. The first-order chi connectivity index (χ1) is 13.8. The van der Waals surface area contributed by atoms with Crippen LogP contribution < -0.4 is 15.1 Å². The van der Waals surface area contributed by atoms with Gasteiger partial charge >= 0.3 is 0 Å². The van der Waals surface area contributed by atoms with Gasteiger partial charge in [-0.2, -0.15) is 4.98 Å². The predicted molar refractivity (Wildman–Crippen MR) is 108 cm³/mol. The van der Waals surface area contributed by atoms with Crippen molar-refractivity contribution in [1.29, 1.82) is 0 Å². The molecule has 8 nitrogen and oxygen atoms in total. The fourth-order valence-electron chi connectivity index (χ4n) is 3.89. The van der Waals surface area contributed by atoms with Crippen LogP contribution in [0.4, 0.5) is 17.6 Å². The number of rotatable bonds is 5. The summed E-state index contributed by atoms with van der Waals surface area (Å²) in [6.45, 7) is 5.18. The van der Waals surface area contributed by atoms with E-state index >= 15 is 0 Å². The van der Waals surface area contributed by atoms with E-state index in [4.69, 9.17) is 14.7 Å². The van der Waals surface area contributed by atoms with E-state index in [1.54, 1.807) is 0 Å². The average molecular weight is 381 g/mol. The van der Waals surface area contributed by atoms with Crippen LogP contribution in [0, 0.1) is 0 Å². The van der Waals surface area contributed by atoms with Crippen LogP contribution in [0.2, 0.25) is 0 Å². The Balaban J connectivity index is 1.18. The van der Waals surface area contributed by atoms with Gasteiger partial charge in [-0.3, -0.25) is 0 Å². The van der Waals surface area contributed by atoms with Crippen LogP contribution in [0.5, 0.6) is 0 Å². The fourth-order valence-corrected chi connectivity index (χ4v) is 3.89. The Kier molecular flexibility index (Phi) is 4.95. The van der Waals surface area contributed by atoms with Gasteiger partial charge in [-0.15, -0.1) is 0 Å². The molecular weight excluding hydrogens is 354 g/mol. The number of hydrogen-bond donors (Lipinski definition) is 1. The van der Waals surface area contributed by atoms with Crippen molar-refractivity contribution in [3.05, 3.63) is 30.4 Å². The van der Waals surface area contributed by atoms with Crippen molar-refractivity contribution in [2.45, 2.75) is 37.6 Å². The Hall–Kier alpha value is -2.48. The zero-order valence-electron chi connectivity index (χ0n) is 16.1. The lowest BCUT2D eigenvalue weighted by Crippen LogP contribution is -2.40. The van der Waals surface area contributed by atoms with Crippen LogP contribution in [-0.4, -0.2) is 65.4 Å². The first-order valence-corrected chi connectivity index (χ1v) is 10.4. The first-order valence-electron chi connectivity index (χ1n) is 10.4. The third kappa shape index (κ3) is 4.01. The third-order valence-electron chi connectivity index (χ3n) is 5.71. The van der Waals surface area contributed by atoms with Crippen molar-refractivity contribution >= 4 is 17.6 Å². The molecule has 5 rings (SSSR count). The van der Waals surface area contributed by atoms with E-state index < -0.39 is 0 Å². The summed E-state index contributed by atoms with van der Waals surface area (Å²) >= 11 is 0. The Morgan fingerprint density at radius 2 is 1.64 bits per heavy atom. The number of piperidine rings is 1. The minimum absolute atomic E-state index is 0.443. The highest BCUT2D eigenvalue weighted by atomic mass is 16.5. The number of aromatic nitrogens is 4. The van der Waals surface area contributed by atoms with E-state index in [2.05, 4.69) is 25.1 Å². The molecule has 0 bridgehead atoms. The quantitative estimate of drug-likeness (QED) is 0.843. The van der Waals surface area contributed by atoms with Gasteiger partial charge in [0.25, 0.3) is 0 Å². The lowest BCUT2D eigenvalue weighted by atomic mass is 10.1. The van der Waals surface area contributed by atoms with Crippen molar-refractivity contribution in [1.82, 2.24) is 19.9 Å². The van der Waals surface area contributed by atoms with Crippen molar-refractivity contribution in [2.75, 3.05) is 54.5 Å². The summed E-state index contributed by atoms with van der Waals surface area (Å²) in [5, 5.41) is 3.61. The Morgan fingerprint density at radius 1 is 0.857 bits per heavy atom. The molecule has 2 saturated heterocycles. The molecule has 0 atom stereocenters.